The van der Waals surface area contributed by atoms with Crippen LogP contribution in [0.15, 0.2) is 54.6 Å². The highest BCUT2D eigenvalue weighted by Crippen LogP contribution is 2.40. The highest BCUT2D eigenvalue weighted by Gasteiger charge is 2.26. The van der Waals surface area contributed by atoms with Crippen molar-refractivity contribution in [2.24, 2.45) is 5.92 Å². The van der Waals surface area contributed by atoms with Gasteiger partial charge in [0.05, 0.1) is 6.10 Å². The number of thiophene rings is 1. The Labute approximate surface area is 189 Å². The van der Waals surface area contributed by atoms with E-state index >= 15 is 4.39 Å². The van der Waals surface area contributed by atoms with Crippen LogP contribution in [0.3, 0.4) is 0 Å². The standard InChI is InChI=1S/C28H31FOS/c1-2-4-19-7-13-24(17-19)30-28-16-15-27(31-28)25-14-12-23(18-26(25)29)22-10-8-21(9-11-22)20-5-3-6-20/h8-12,14-16,18-20,24H,2-7,13,17H2,1H3. The van der Waals surface area contributed by atoms with E-state index in [4.69, 9.17) is 4.74 Å². The summed E-state index contributed by atoms with van der Waals surface area (Å²) in [6, 6.07) is 18.3. The van der Waals surface area contributed by atoms with E-state index in [2.05, 4.69) is 31.2 Å². The van der Waals surface area contributed by atoms with Crippen LogP contribution in [-0.2, 0) is 0 Å². The number of hydrogen-bond acceptors (Lipinski definition) is 2. The monoisotopic (exact) mass is 434 g/mol. The molecule has 0 bridgehead atoms. The predicted molar refractivity (Wildman–Crippen MR) is 128 cm³/mol. The summed E-state index contributed by atoms with van der Waals surface area (Å²) in [5, 5.41) is 0.909. The SMILES string of the molecule is CCCC1CCC(Oc2ccc(-c3ccc(-c4ccc(C5CCC5)cc4)cc3F)s2)C1. The molecule has 2 atom stereocenters. The molecule has 0 radical (unpaired) electrons. The molecule has 162 valence electrons. The van der Waals surface area contributed by atoms with Gasteiger partial charge in [-0.1, -0.05) is 67.9 Å². The summed E-state index contributed by atoms with van der Waals surface area (Å²) in [6.45, 7) is 2.25. The Bertz CT molecular complexity index is 1020. The molecule has 3 heteroatoms. The fourth-order valence-corrected chi connectivity index (χ4v) is 6.03. The van der Waals surface area contributed by atoms with Crippen LogP contribution in [0.1, 0.15) is 69.8 Å². The molecule has 5 rings (SSSR count). The van der Waals surface area contributed by atoms with Crippen molar-refractivity contribution in [2.75, 3.05) is 0 Å². The van der Waals surface area contributed by atoms with E-state index in [1.807, 2.05) is 24.3 Å². The normalized spacial score (nSPS) is 21.2. The van der Waals surface area contributed by atoms with E-state index in [9.17, 15) is 0 Å². The molecule has 2 aliphatic carbocycles. The molecule has 0 saturated heterocycles. The molecule has 1 heterocycles. The summed E-state index contributed by atoms with van der Waals surface area (Å²) in [5.74, 6) is 1.37. The molecule has 2 unspecified atom stereocenters. The minimum atomic E-state index is -0.169. The van der Waals surface area contributed by atoms with Crippen LogP contribution in [0.2, 0.25) is 0 Å². The number of ether oxygens (including phenoxy) is 1. The lowest BCUT2D eigenvalue weighted by Gasteiger charge is -2.25. The van der Waals surface area contributed by atoms with Gasteiger partial charge in [-0.15, -0.1) is 0 Å². The van der Waals surface area contributed by atoms with E-state index < -0.39 is 0 Å². The highest BCUT2D eigenvalue weighted by atomic mass is 32.1. The Balaban J connectivity index is 1.27. The van der Waals surface area contributed by atoms with E-state index in [0.29, 0.717) is 11.7 Å². The van der Waals surface area contributed by atoms with Crippen molar-refractivity contribution in [1.29, 1.82) is 0 Å². The van der Waals surface area contributed by atoms with Crippen molar-refractivity contribution < 1.29 is 9.13 Å². The molecule has 0 amide bonds. The molecule has 31 heavy (non-hydrogen) atoms. The van der Waals surface area contributed by atoms with Crippen molar-refractivity contribution in [2.45, 2.75) is 70.3 Å². The van der Waals surface area contributed by atoms with Crippen LogP contribution in [0, 0.1) is 11.7 Å². The largest absolute Gasteiger partial charge is 0.481 e. The second kappa shape index (κ2) is 9.16. The Morgan fingerprint density at radius 1 is 0.935 bits per heavy atom. The Hall–Kier alpha value is -2.13. The molecule has 2 aliphatic rings. The van der Waals surface area contributed by atoms with Gasteiger partial charge in [-0.3, -0.25) is 0 Å². The molecule has 2 saturated carbocycles. The third-order valence-electron chi connectivity index (χ3n) is 7.11. The quantitative estimate of drug-likeness (QED) is 0.361. The van der Waals surface area contributed by atoms with Gasteiger partial charge < -0.3 is 4.74 Å². The fourth-order valence-electron chi connectivity index (χ4n) is 5.08. The minimum absolute atomic E-state index is 0.169. The zero-order valence-electron chi connectivity index (χ0n) is 18.3. The first-order valence-corrected chi connectivity index (χ1v) is 12.7. The van der Waals surface area contributed by atoms with E-state index in [0.717, 1.165) is 45.7 Å². The third-order valence-corrected chi connectivity index (χ3v) is 8.12. The zero-order valence-corrected chi connectivity index (χ0v) is 19.1. The van der Waals surface area contributed by atoms with Crippen LogP contribution in [0.25, 0.3) is 21.6 Å². The minimum Gasteiger partial charge on any atom is -0.481 e. The Morgan fingerprint density at radius 3 is 2.45 bits per heavy atom. The van der Waals surface area contributed by atoms with Crippen molar-refractivity contribution in [3.8, 4) is 26.6 Å². The lowest BCUT2D eigenvalue weighted by Crippen LogP contribution is -2.11. The van der Waals surface area contributed by atoms with Gasteiger partial charge in [-0.2, -0.15) is 0 Å². The van der Waals surface area contributed by atoms with Crippen molar-refractivity contribution in [3.05, 3.63) is 66.0 Å². The van der Waals surface area contributed by atoms with Crippen molar-refractivity contribution >= 4 is 11.3 Å². The summed E-state index contributed by atoms with van der Waals surface area (Å²) in [6.07, 6.45) is 10.4. The maximum absolute atomic E-state index is 15.0. The average Bonchev–Trinajstić information content (AvgIpc) is 3.37. The predicted octanol–water partition coefficient (Wildman–Crippen LogP) is 8.84. The number of benzene rings is 2. The molecule has 2 fully saturated rings. The van der Waals surface area contributed by atoms with Gasteiger partial charge in [0.1, 0.15) is 5.82 Å². The molecule has 1 aromatic heterocycles. The highest BCUT2D eigenvalue weighted by molar-refractivity contribution is 7.17. The lowest BCUT2D eigenvalue weighted by molar-refractivity contribution is 0.210. The van der Waals surface area contributed by atoms with Gasteiger partial charge in [0, 0.05) is 10.4 Å². The van der Waals surface area contributed by atoms with Crippen LogP contribution >= 0.6 is 11.3 Å². The third kappa shape index (κ3) is 4.57. The molecular formula is C28H31FOS. The van der Waals surface area contributed by atoms with Crippen LogP contribution in [0.5, 0.6) is 5.06 Å². The first kappa shape index (κ1) is 20.8. The Morgan fingerprint density at radius 2 is 1.74 bits per heavy atom. The van der Waals surface area contributed by atoms with Gasteiger partial charge in [0.2, 0.25) is 0 Å². The number of halogens is 1. The molecule has 0 aliphatic heterocycles. The lowest BCUT2D eigenvalue weighted by atomic mass is 9.80. The van der Waals surface area contributed by atoms with Gasteiger partial charge in [0.15, 0.2) is 5.06 Å². The maximum atomic E-state index is 15.0. The van der Waals surface area contributed by atoms with E-state index in [1.165, 1.54) is 44.1 Å². The number of rotatable bonds is 7. The molecule has 0 spiro atoms. The molecule has 0 N–H and O–H groups in total. The zero-order chi connectivity index (χ0) is 21.2. The Kier molecular flexibility index (Phi) is 6.13. The summed E-state index contributed by atoms with van der Waals surface area (Å²) in [5.41, 5.74) is 4.08. The average molecular weight is 435 g/mol. The van der Waals surface area contributed by atoms with Crippen molar-refractivity contribution in [3.63, 3.8) is 0 Å². The smallest absolute Gasteiger partial charge is 0.174 e. The first-order chi connectivity index (χ1) is 15.2. The second-order valence-electron chi connectivity index (χ2n) is 9.27. The summed E-state index contributed by atoms with van der Waals surface area (Å²) >= 11 is 1.56. The second-order valence-corrected chi connectivity index (χ2v) is 10.3. The summed E-state index contributed by atoms with van der Waals surface area (Å²) in [7, 11) is 0. The summed E-state index contributed by atoms with van der Waals surface area (Å²) < 4.78 is 21.2. The molecule has 1 nitrogen and oxygen atoms in total. The fraction of sp³-hybridized carbons (Fsp3) is 0.429. The van der Waals surface area contributed by atoms with Gasteiger partial charge in [-0.05, 0) is 84.9 Å². The van der Waals surface area contributed by atoms with Gasteiger partial charge in [-0.25, -0.2) is 4.39 Å². The van der Waals surface area contributed by atoms with Gasteiger partial charge in [0.25, 0.3) is 0 Å². The molecule has 3 aromatic rings. The van der Waals surface area contributed by atoms with Gasteiger partial charge >= 0.3 is 0 Å². The first-order valence-electron chi connectivity index (χ1n) is 11.9. The molecule has 2 aromatic carbocycles. The molecular weight excluding hydrogens is 403 g/mol. The van der Waals surface area contributed by atoms with Crippen LogP contribution in [0.4, 0.5) is 4.39 Å². The maximum Gasteiger partial charge on any atom is 0.174 e. The topological polar surface area (TPSA) is 9.23 Å². The van der Waals surface area contributed by atoms with E-state index in [-0.39, 0.29) is 5.82 Å². The number of hydrogen-bond donors (Lipinski definition) is 0. The van der Waals surface area contributed by atoms with Crippen molar-refractivity contribution in [1.82, 2.24) is 0 Å². The van der Waals surface area contributed by atoms with Crippen LogP contribution in [-0.4, -0.2) is 6.10 Å². The van der Waals surface area contributed by atoms with E-state index in [1.54, 1.807) is 17.4 Å². The van der Waals surface area contributed by atoms with Crippen LogP contribution < -0.4 is 4.74 Å². The summed E-state index contributed by atoms with van der Waals surface area (Å²) in [4.78, 5) is 0.933.